The molecular weight excluding hydrogens is 363 g/mol. The van der Waals surface area contributed by atoms with E-state index >= 15 is 0 Å². The van der Waals surface area contributed by atoms with Gasteiger partial charge in [-0.2, -0.15) is 0 Å². The van der Waals surface area contributed by atoms with Gasteiger partial charge in [0.1, 0.15) is 5.82 Å². The highest BCUT2D eigenvalue weighted by atomic mass is 32.2. The summed E-state index contributed by atoms with van der Waals surface area (Å²) in [6.45, 7) is 3.54. The van der Waals surface area contributed by atoms with Crippen LogP contribution in [0.4, 0.5) is 10.1 Å². The number of ether oxygens (including phenoxy) is 1. The Bertz CT molecular complexity index is 760. The Balaban J connectivity index is 1.84. The predicted octanol–water partition coefficient (Wildman–Crippen LogP) is 1.76. The molecule has 1 heterocycles. The van der Waals surface area contributed by atoms with Gasteiger partial charge in [0.2, 0.25) is 10.0 Å². The minimum atomic E-state index is -3.26. The van der Waals surface area contributed by atoms with Crippen molar-refractivity contribution in [1.82, 2.24) is 4.31 Å². The molecule has 1 fully saturated rings. The van der Waals surface area contributed by atoms with Gasteiger partial charge in [-0.25, -0.2) is 17.1 Å². The second-order valence-corrected chi connectivity index (χ2v) is 8.41. The van der Waals surface area contributed by atoms with Crippen molar-refractivity contribution in [2.45, 2.75) is 32.8 Å². The second kappa shape index (κ2) is 8.59. The number of benzene rings is 1. The maximum absolute atomic E-state index is 13.1. The van der Waals surface area contributed by atoms with Gasteiger partial charge in [0.15, 0.2) is 6.10 Å². The number of amides is 1. The van der Waals surface area contributed by atoms with Gasteiger partial charge >= 0.3 is 5.97 Å². The number of carbonyl (C=O) groups excluding carboxylic acids is 2. The summed E-state index contributed by atoms with van der Waals surface area (Å²) in [6.07, 6.45) is -0.324. The molecule has 1 aliphatic rings. The molecule has 2 rings (SSSR count). The second-order valence-electron chi connectivity index (χ2n) is 6.15. The number of sulfonamides is 1. The highest BCUT2D eigenvalue weighted by molar-refractivity contribution is 7.89. The van der Waals surface area contributed by atoms with E-state index in [9.17, 15) is 22.4 Å². The van der Waals surface area contributed by atoms with Crippen LogP contribution in [0.1, 0.15) is 26.7 Å². The summed E-state index contributed by atoms with van der Waals surface area (Å²) in [5.41, 5.74) is 0.274. The van der Waals surface area contributed by atoms with Crippen molar-refractivity contribution in [2.24, 2.45) is 5.92 Å². The molecule has 0 aliphatic carbocycles. The largest absolute Gasteiger partial charge is 0.452 e. The quantitative estimate of drug-likeness (QED) is 0.752. The zero-order valence-corrected chi connectivity index (χ0v) is 15.6. The van der Waals surface area contributed by atoms with E-state index in [0.717, 1.165) is 6.07 Å². The van der Waals surface area contributed by atoms with E-state index in [1.807, 2.05) is 0 Å². The third-order valence-electron chi connectivity index (χ3n) is 4.30. The molecular formula is C17H23FN2O5S. The van der Waals surface area contributed by atoms with Gasteiger partial charge in [-0.3, -0.25) is 9.59 Å². The highest BCUT2D eigenvalue weighted by Crippen LogP contribution is 2.22. The van der Waals surface area contributed by atoms with E-state index in [0.29, 0.717) is 12.8 Å². The molecule has 0 saturated carbocycles. The third kappa shape index (κ3) is 5.25. The Hall–Kier alpha value is -2.00. The molecule has 1 aromatic carbocycles. The number of anilines is 1. The average molecular weight is 386 g/mol. The van der Waals surface area contributed by atoms with Gasteiger partial charge < -0.3 is 10.1 Å². The first-order chi connectivity index (χ1) is 12.2. The minimum Gasteiger partial charge on any atom is -0.452 e. The van der Waals surface area contributed by atoms with E-state index < -0.39 is 39.7 Å². The Labute approximate surface area is 152 Å². The molecule has 1 amide bonds. The van der Waals surface area contributed by atoms with Crippen LogP contribution in [0, 0.1) is 11.7 Å². The Morgan fingerprint density at radius 2 is 2.00 bits per heavy atom. The zero-order valence-electron chi connectivity index (χ0n) is 14.8. The molecule has 7 nitrogen and oxygen atoms in total. The van der Waals surface area contributed by atoms with Crippen LogP contribution in [-0.4, -0.2) is 49.5 Å². The zero-order chi connectivity index (χ0) is 19.3. The first kappa shape index (κ1) is 20.3. The maximum Gasteiger partial charge on any atom is 0.309 e. The lowest BCUT2D eigenvalue weighted by Gasteiger charge is -2.30. The molecule has 0 unspecified atom stereocenters. The van der Waals surface area contributed by atoms with Gasteiger partial charge in [-0.05, 0) is 44.9 Å². The Morgan fingerprint density at radius 3 is 2.58 bits per heavy atom. The van der Waals surface area contributed by atoms with Gasteiger partial charge in [-0.1, -0.05) is 6.07 Å². The normalized spacial score (nSPS) is 17.5. The van der Waals surface area contributed by atoms with Gasteiger partial charge in [-0.15, -0.1) is 0 Å². The Kier molecular flexibility index (Phi) is 6.71. The molecule has 0 bridgehead atoms. The smallest absolute Gasteiger partial charge is 0.309 e. The molecule has 1 N–H and O–H groups in total. The van der Waals surface area contributed by atoms with Crippen LogP contribution >= 0.6 is 0 Å². The van der Waals surface area contributed by atoms with Crippen molar-refractivity contribution in [3.63, 3.8) is 0 Å². The summed E-state index contributed by atoms with van der Waals surface area (Å²) in [5, 5.41) is 2.48. The standard InChI is InChI=1S/C17H23FN2O5S/c1-3-26(23,24)20-9-7-13(8-10-20)17(22)25-12(2)16(21)19-15-6-4-5-14(18)11-15/h4-6,11-13H,3,7-10H2,1-2H3,(H,19,21)/t12-/m0/s1. The number of halogens is 1. The summed E-state index contributed by atoms with van der Waals surface area (Å²) >= 11 is 0. The first-order valence-corrected chi connectivity index (χ1v) is 10.1. The van der Waals surface area contributed by atoms with Crippen molar-refractivity contribution in [3.05, 3.63) is 30.1 Å². The van der Waals surface area contributed by atoms with Crippen LogP contribution in [0.2, 0.25) is 0 Å². The lowest BCUT2D eigenvalue weighted by atomic mass is 9.98. The van der Waals surface area contributed by atoms with Crippen molar-refractivity contribution >= 4 is 27.6 Å². The van der Waals surface area contributed by atoms with Crippen molar-refractivity contribution in [3.8, 4) is 0 Å². The Morgan fingerprint density at radius 1 is 1.35 bits per heavy atom. The third-order valence-corrected chi connectivity index (χ3v) is 6.18. The van der Waals surface area contributed by atoms with Crippen LogP contribution < -0.4 is 5.32 Å². The summed E-state index contributed by atoms with van der Waals surface area (Å²) in [6, 6.07) is 5.40. The number of esters is 1. The van der Waals surface area contributed by atoms with Crippen LogP contribution in [0.5, 0.6) is 0 Å². The summed E-state index contributed by atoms with van der Waals surface area (Å²) in [4.78, 5) is 24.3. The van der Waals surface area contributed by atoms with Crippen LogP contribution in [-0.2, 0) is 24.3 Å². The topological polar surface area (TPSA) is 92.8 Å². The van der Waals surface area contributed by atoms with Crippen LogP contribution in [0.3, 0.4) is 0 Å². The summed E-state index contributed by atoms with van der Waals surface area (Å²) in [5.74, 6) is -1.99. The van der Waals surface area contributed by atoms with E-state index in [1.165, 1.54) is 29.4 Å². The van der Waals surface area contributed by atoms with E-state index in [2.05, 4.69) is 5.32 Å². The van der Waals surface area contributed by atoms with Crippen molar-refractivity contribution in [2.75, 3.05) is 24.2 Å². The number of hydrogen-bond donors (Lipinski definition) is 1. The number of nitrogens with zero attached hydrogens (tertiary/aromatic N) is 1. The number of carbonyl (C=O) groups is 2. The lowest BCUT2D eigenvalue weighted by Crippen LogP contribution is -2.42. The molecule has 144 valence electrons. The SMILES string of the molecule is CCS(=O)(=O)N1CCC(C(=O)O[C@@H](C)C(=O)Nc2cccc(F)c2)CC1. The fraction of sp³-hybridized carbons (Fsp3) is 0.529. The number of hydrogen-bond acceptors (Lipinski definition) is 5. The maximum atomic E-state index is 13.1. The van der Waals surface area contributed by atoms with E-state index in [4.69, 9.17) is 4.74 Å². The van der Waals surface area contributed by atoms with Gasteiger partial charge in [0.25, 0.3) is 5.91 Å². The van der Waals surface area contributed by atoms with Crippen molar-refractivity contribution < 1.29 is 27.1 Å². The fourth-order valence-corrected chi connectivity index (χ4v) is 3.82. The number of piperidine rings is 1. The average Bonchev–Trinajstić information content (AvgIpc) is 2.61. The van der Waals surface area contributed by atoms with E-state index in [-0.39, 0.29) is 24.5 Å². The molecule has 26 heavy (non-hydrogen) atoms. The van der Waals surface area contributed by atoms with E-state index in [1.54, 1.807) is 6.92 Å². The monoisotopic (exact) mass is 386 g/mol. The molecule has 9 heteroatoms. The molecule has 1 saturated heterocycles. The minimum absolute atomic E-state index is 0.0272. The molecule has 0 aromatic heterocycles. The van der Waals surface area contributed by atoms with Gasteiger partial charge in [0.05, 0.1) is 11.7 Å². The molecule has 0 radical (unpaired) electrons. The predicted molar refractivity (Wildman–Crippen MR) is 94.3 cm³/mol. The molecule has 1 aliphatic heterocycles. The fourth-order valence-electron chi connectivity index (χ4n) is 2.69. The molecule has 0 spiro atoms. The first-order valence-electron chi connectivity index (χ1n) is 8.47. The van der Waals surface area contributed by atoms with Gasteiger partial charge in [0, 0.05) is 18.8 Å². The van der Waals surface area contributed by atoms with Crippen molar-refractivity contribution in [1.29, 1.82) is 0 Å². The number of nitrogens with one attached hydrogen (secondary N) is 1. The molecule has 1 aromatic rings. The molecule has 1 atom stereocenters. The lowest BCUT2D eigenvalue weighted by molar-refractivity contribution is -0.158. The highest BCUT2D eigenvalue weighted by Gasteiger charge is 2.32. The van der Waals surface area contributed by atoms with Crippen LogP contribution in [0.15, 0.2) is 24.3 Å². The summed E-state index contributed by atoms with van der Waals surface area (Å²) < 4.78 is 43.3. The number of rotatable bonds is 6. The van der Waals surface area contributed by atoms with Crippen LogP contribution in [0.25, 0.3) is 0 Å². The summed E-state index contributed by atoms with van der Waals surface area (Å²) in [7, 11) is -3.26.